The zero-order valence-electron chi connectivity index (χ0n) is 9.67. The maximum Gasteiger partial charge on any atom is 0.127 e. The van der Waals surface area contributed by atoms with Crippen molar-refractivity contribution >= 4 is 0 Å². The van der Waals surface area contributed by atoms with E-state index in [0.717, 1.165) is 5.56 Å². The van der Waals surface area contributed by atoms with Crippen molar-refractivity contribution < 1.29 is 9.13 Å². The van der Waals surface area contributed by atoms with Crippen LogP contribution in [0.5, 0.6) is 5.75 Å². The molecule has 0 aliphatic heterocycles. The van der Waals surface area contributed by atoms with Crippen molar-refractivity contribution in [3.63, 3.8) is 0 Å². The number of hydrogen-bond donors (Lipinski definition) is 1. The van der Waals surface area contributed by atoms with E-state index in [-0.39, 0.29) is 18.0 Å². The fourth-order valence-electron chi connectivity index (χ4n) is 1.38. The van der Waals surface area contributed by atoms with Crippen LogP contribution in [0.1, 0.15) is 32.4 Å². The van der Waals surface area contributed by atoms with E-state index in [1.54, 1.807) is 6.07 Å². The van der Waals surface area contributed by atoms with Gasteiger partial charge in [0.25, 0.3) is 0 Å². The fourth-order valence-corrected chi connectivity index (χ4v) is 1.38. The summed E-state index contributed by atoms with van der Waals surface area (Å²) < 4.78 is 18.6. The van der Waals surface area contributed by atoms with Crippen molar-refractivity contribution in [3.05, 3.63) is 29.6 Å². The van der Waals surface area contributed by atoms with Gasteiger partial charge in [-0.1, -0.05) is 6.07 Å². The highest BCUT2D eigenvalue weighted by atomic mass is 19.1. The minimum atomic E-state index is -0.266. The lowest BCUT2D eigenvalue weighted by Gasteiger charge is -2.18. The molecule has 0 saturated heterocycles. The zero-order valence-corrected chi connectivity index (χ0v) is 9.67. The van der Waals surface area contributed by atoms with Crippen molar-refractivity contribution in [1.29, 1.82) is 0 Å². The Morgan fingerprint density at radius 3 is 2.47 bits per heavy atom. The summed E-state index contributed by atoms with van der Waals surface area (Å²) in [4.78, 5) is 0. The Hall–Kier alpha value is -1.09. The Morgan fingerprint density at radius 2 is 1.93 bits per heavy atom. The molecular weight excluding hydrogens is 193 g/mol. The molecule has 3 heteroatoms. The zero-order chi connectivity index (χ0) is 11.4. The summed E-state index contributed by atoms with van der Waals surface area (Å²) in [6.45, 7) is 5.87. The summed E-state index contributed by atoms with van der Waals surface area (Å²) in [5.74, 6) is 0.351. The molecule has 0 radical (unpaired) electrons. The minimum Gasteiger partial charge on any atom is -0.491 e. The first-order chi connectivity index (χ1) is 7.04. The van der Waals surface area contributed by atoms with Gasteiger partial charge in [-0.3, -0.25) is 0 Å². The molecule has 1 aromatic rings. The first-order valence-electron chi connectivity index (χ1n) is 5.18. The Bertz CT molecular complexity index is 325. The first-order valence-corrected chi connectivity index (χ1v) is 5.18. The second-order valence-electron chi connectivity index (χ2n) is 3.86. The lowest BCUT2D eigenvalue weighted by molar-refractivity contribution is 0.237. The largest absolute Gasteiger partial charge is 0.491 e. The van der Waals surface area contributed by atoms with Crippen molar-refractivity contribution in [3.8, 4) is 5.75 Å². The van der Waals surface area contributed by atoms with Gasteiger partial charge in [0, 0.05) is 17.7 Å². The van der Waals surface area contributed by atoms with Gasteiger partial charge in [-0.15, -0.1) is 0 Å². The number of halogens is 1. The summed E-state index contributed by atoms with van der Waals surface area (Å²) in [6, 6.07) is 4.80. The van der Waals surface area contributed by atoms with E-state index in [4.69, 9.17) is 4.74 Å². The van der Waals surface area contributed by atoms with Crippen LogP contribution in [0.3, 0.4) is 0 Å². The molecule has 0 aliphatic rings. The van der Waals surface area contributed by atoms with Crippen LogP contribution in [0, 0.1) is 5.82 Å². The molecule has 0 spiro atoms. The van der Waals surface area contributed by atoms with Gasteiger partial charge in [-0.2, -0.15) is 0 Å². The summed E-state index contributed by atoms with van der Waals surface area (Å²) in [5, 5.41) is 3.11. The Morgan fingerprint density at radius 1 is 1.27 bits per heavy atom. The number of ether oxygens (including phenoxy) is 1. The highest BCUT2D eigenvalue weighted by Crippen LogP contribution is 2.26. The molecule has 2 nitrogen and oxygen atoms in total. The number of nitrogens with one attached hydrogen (secondary N) is 1. The van der Waals surface area contributed by atoms with Crippen molar-refractivity contribution in [2.75, 3.05) is 7.05 Å². The molecule has 1 unspecified atom stereocenters. The highest BCUT2D eigenvalue weighted by molar-refractivity contribution is 5.36. The van der Waals surface area contributed by atoms with Gasteiger partial charge < -0.3 is 10.1 Å². The molecule has 0 amide bonds. The van der Waals surface area contributed by atoms with Crippen LogP contribution in [-0.4, -0.2) is 13.2 Å². The summed E-state index contributed by atoms with van der Waals surface area (Å²) in [6.07, 6.45) is 0.0506. The molecule has 0 aliphatic carbocycles. The second-order valence-corrected chi connectivity index (χ2v) is 3.86. The van der Waals surface area contributed by atoms with Gasteiger partial charge in [0.1, 0.15) is 11.6 Å². The predicted molar refractivity (Wildman–Crippen MR) is 59.6 cm³/mol. The second kappa shape index (κ2) is 5.12. The number of benzene rings is 1. The van der Waals surface area contributed by atoms with Gasteiger partial charge in [0.15, 0.2) is 0 Å². The minimum absolute atomic E-state index is 0.0506. The Balaban J connectivity index is 3.02. The molecular formula is C12H18FNO. The molecule has 15 heavy (non-hydrogen) atoms. The molecule has 0 bridgehead atoms. The molecule has 1 rings (SSSR count). The third kappa shape index (κ3) is 3.20. The summed E-state index contributed by atoms with van der Waals surface area (Å²) in [5.41, 5.74) is 0.979. The molecule has 0 heterocycles. The van der Waals surface area contributed by atoms with Gasteiger partial charge >= 0.3 is 0 Å². The topological polar surface area (TPSA) is 21.3 Å². The van der Waals surface area contributed by atoms with Crippen LogP contribution in [0.2, 0.25) is 0 Å². The van der Waals surface area contributed by atoms with Crippen molar-refractivity contribution in [2.24, 2.45) is 0 Å². The normalized spacial score (nSPS) is 12.9. The van der Waals surface area contributed by atoms with Crippen LogP contribution in [0.15, 0.2) is 18.2 Å². The molecule has 1 N–H and O–H groups in total. The number of hydrogen-bond acceptors (Lipinski definition) is 2. The standard InChI is InChI=1S/C12H18FNO/c1-8(2)15-12-7-10(13)5-6-11(12)9(3)14-4/h5-9,14H,1-4H3. The van der Waals surface area contributed by atoms with Crippen molar-refractivity contribution in [1.82, 2.24) is 5.32 Å². The average molecular weight is 211 g/mol. The Kier molecular flexibility index (Phi) is 4.09. The van der Waals surface area contributed by atoms with E-state index in [2.05, 4.69) is 5.32 Å². The number of rotatable bonds is 4. The maximum absolute atomic E-state index is 13.1. The Labute approximate surface area is 90.4 Å². The third-order valence-corrected chi connectivity index (χ3v) is 2.24. The van der Waals surface area contributed by atoms with Gasteiger partial charge in [-0.05, 0) is 33.9 Å². The van der Waals surface area contributed by atoms with Crippen LogP contribution in [-0.2, 0) is 0 Å². The molecule has 0 aromatic heterocycles. The van der Waals surface area contributed by atoms with Crippen LogP contribution >= 0.6 is 0 Å². The third-order valence-electron chi connectivity index (χ3n) is 2.24. The summed E-state index contributed by atoms with van der Waals surface area (Å²) in [7, 11) is 1.87. The molecule has 0 saturated carbocycles. The monoisotopic (exact) mass is 211 g/mol. The fraction of sp³-hybridized carbons (Fsp3) is 0.500. The predicted octanol–water partition coefficient (Wildman–Crippen LogP) is 2.89. The van der Waals surface area contributed by atoms with Crippen LogP contribution in [0.25, 0.3) is 0 Å². The van der Waals surface area contributed by atoms with E-state index in [9.17, 15) is 4.39 Å². The van der Waals surface area contributed by atoms with E-state index in [1.165, 1.54) is 12.1 Å². The van der Waals surface area contributed by atoms with Gasteiger partial charge in [0.05, 0.1) is 6.10 Å². The van der Waals surface area contributed by atoms with E-state index in [0.29, 0.717) is 5.75 Å². The lowest BCUT2D eigenvalue weighted by Crippen LogP contribution is -2.15. The van der Waals surface area contributed by atoms with E-state index < -0.39 is 0 Å². The highest BCUT2D eigenvalue weighted by Gasteiger charge is 2.12. The summed E-state index contributed by atoms with van der Waals surface area (Å²) >= 11 is 0. The van der Waals surface area contributed by atoms with Crippen LogP contribution in [0.4, 0.5) is 4.39 Å². The molecule has 1 aromatic carbocycles. The average Bonchev–Trinajstić information content (AvgIpc) is 2.16. The first kappa shape index (κ1) is 12.0. The molecule has 0 fully saturated rings. The molecule has 1 atom stereocenters. The molecule has 84 valence electrons. The van der Waals surface area contributed by atoms with Gasteiger partial charge in [-0.25, -0.2) is 4.39 Å². The van der Waals surface area contributed by atoms with E-state index in [1.807, 2.05) is 27.8 Å². The van der Waals surface area contributed by atoms with E-state index >= 15 is 0 Å². The maximum atomic E-state index is 13.1. The van der Waals surface area contributed by atoms with Crippen molar-refractivity contribution in [2.45, 2.75) is 32.9 Å². The van der Waals surface area contributed by atoms with Crippen LogP contribution < -0.4 is 10.1 Å². The SMILES string of the molecule is CNC(C)c1ccc(F)cc1OC(C)C. The van der Waals surface area contributed by atoms with Gasteiger partial charge in [0.2, 0.25) is 0 Å². The lowest BCUT2D eigenvalue weighted by atomic mass is 10.1. The smallest absolute Gasteiger partial charge is 0.127 e. The quantitative estimate of drug-likeness (QED) is 0.826.